The van der Waals surface area contributed by atoms with Crippen LogP contribution < -0.4 is 15.8 Å². The maximum absolute atomic E-state index is 11.6. The lowest BCUT2D eigenvalue weighted by molar-refractivity contribution is -0.114. The van der Waals surface area contributed by atoms with Gasteiger partial charge in [0.25, 0.3) is 0 Å². The quantitative estimate of drug-likeness (QED) is 0.296. The maximum Gasteiger partial charge on any atom is 0.407 e. The summed E-state index contributed by atoms with van der Waals surface area (Å²) >= 11 is 6.20. The Labute approximate surface area is 170 Å². The van der Waals surface area contributed by atoms with Gasteiger partial charge in [0.15, 0.2) is 6.40 Å². The molecular formula is C20H26ClN3O4. The Bertz CT molecular complexity index is 780. The number of nitrogens with one attached hydrogen (secondary N) is 1. The zero-order chi connectivity index (χ0) is 21.2. The minimum Gasteiger partial charge on any atom is -0.444 e. The van der Waals surface area contributed by atoms with Gasteiger partial charge in [0, 0.05) is 12.7 Å². The van der Waals surface area contributed by atoms with Crippen molar-refractivity contribution in [3.05, 3.63) is 52.7 Å². The summed E-state index contributed by atoms with van der Waals surface area (Å²) in [5, 5.41) is 3.08. The van der Waals surface area contributed by atoms with Gasteiger partial charge in [-0.25, -0.2) is 9.79 Å². The fourth-order valence-corrected chi connectivity index (χ4v) is 2.23. The smallest absolute Gasteiger partial charge is 0.407 e. The Morgan fingerprint density at radius 2 is 2.04 bits per heavy atom. The number of carbonyl (C=O) groups is 2. The molecule has 152 valence electrons. The lowest BCUT2D eigenvalue weighted by Gasteiger charge is -2.19. The second-order valence-corrected chi connectivity index (χ2v) is 7.17. The number of hydrogen-bond acceptors (Lipinski definition) is 5. The number of benzene rings is 1. The van der Waals surface area contributed by atoms with Crippen molar-refractivity contribution < 1.29 is 19.1 Å². The molecule has 0 bridgehead atoms. The third-order valence-electron chi connectivity index (χ3n) is 3.16. The summed E-state index contributed by atoms with van der Waals surface area (Å²) in [5.74, 6) is -0.174. The third-order valence-corrected chi connectivity index (χ3v) is 3.46. The number of alkyl carbamates (subject to hydrolysis) is 1. The van der Waals surface area contributed by atoms with E-state index in [0.717, 1.165) is 12.0 Å². The minimum atomic E-state index is -0.586. The SMILES string of the molecule is C\C=C/C(=C\N=C\Oc1ccc(CCNC(=O)OC(C)(C)C)cc1Cl)C(N)=O. The first-order chi connectivity index (χ1) is 13.1. The van der Waals surface area contributed by atoms with Gasteiger partial charge in [-0.2, -0.15) is 0 Å². The first-order valence-corrected chi connectivity index (χ1v) is 9.06. The molecule has 1 aromatic carbocycles. The summed E-state index contributed by atoms with van der Waals surface area (Å²) in [4.78, 5) is 26.7. The highest BCUT2D eigenvalue weighted by Crippen LogP contribution is 2.25. The molecule has 3 N–H and O–H groups in total. The summed E-state index contributed by atoms with van der Waals surface area (Å²) < 4.78 is 10.5. The van der Waals surface area contributed by atoms with Crippen molar-refractivity contribution in [1.82, 2.24) is 5.32 Å². The molecule has 0 saturated carbocycles. The first kappa shape index (κ1) is 23.2. The monoisotopic (exact) mass is 407 g/mol. The molecule has 28 heavy (non-hydrogen) atoms. The number of primary amides is 1. The number of amides is 2. The lowest BCUT2D eigenvalue weighted by Crippen LogP contribution is -2.33. The molecule has 0 saturated heterocycles. The van der Waals surface area contributed by atoms with Gasteiger partial charge in [-0.15, -0.1) is 0 Å². The number of ether oxygens (including phenoxy) is 2. The van der Waals surface area contributed by atoms with Crippen molar-refractivity contribution in [2.75, 3.05) is 6.54 Å². The minimum absolute atomic E-state index is 0.251. The largest absolute Gasteiger partial charge is 0.444 e. The van der Waals surface area contributed by atoms with Gasteiger partial charge in [0.1, 0.15) is 11.4 Å². The van der Waals surface area contributed by atoms with Crippen LogP contribution in [0.3, 0.4) is 0 Å². The summed E-state index contributed by atoms with van der Waals surface area (Å²) in [6.07, 6.45) is 5.81. The highest BCUT2D eigenvalue weighted by atomic mass is 35.5. The molecule has 0 spiro atoms. The van der Waals surface area contributed by atoms with Crippen molar-refractivity contribution in [3.8, 4) is 5.75 Å². The van der Waals surface area contributed by atoms with Crippen LogP contribution in [0, 0.1) is 0 Å². The Morgan fingerprint density at radius 1 is 1.32 bits per heavy atom. The van der Waals surface area contributed by atoms with Crippen molar-refractivity contribution in [2.24, 2.45) is 10.7 Å². The highest BCUT2D eigenvalue weighted by Gasteiger charge is 2.15. The van der Waals surface area contributed by atoms with Crippen LogP contribution in [-0.2, 0) is 16.0 Å². The Hall–Kier alpha value is -2.80. The Kier molecular flexibility index (Phi) is 9.24. The van der Waals surface area contributed by atoms with Gasteiger partial charge in [-0.3, -0.25) is 4.79 Å². The zero-order valence-electron chi connectivity index (χ0n) is 16.5. The molecule has 0 heterocycles. The van der Waals surface area contributed by atoms with Crippen LogP contribution in [0.4, 0.5) is 4.79 Å². The summed E-state index contributed by atoms with van der Waals surface area (Å²) in [6.45, 7) is 7.60. The maximum atomic E-state index is 11.6. The fourth-order valence-electron chi connectivity index (χ4n) is 1.98. The first-order valence-electron chi connectivity index (χ1n) is 8.68. The number of nitrogens with zero attached hydrogens (tertiary/aromatic N) is 1. The molecule has 0 fully saturated rings. The molecule has 0 aliphatic heterocycles. The molecule has 1 rings (SSSR count). The van der Waals surface area contributed by atoms with E-state index in [1.165, 1.54) is 6.20 Å². The molecule has 0 aromatic heterocycles. The normalized spacial score (nSPS) is 12.4. The van der Waals surface area contributed by atoms with Gasteiger partial charge in [0.2, 0.25) is 5.91 Å². The van der Waals surface area contributed by atoms with Crippen LogP contribution in [0.2, 0.25) is 5.02 Å². The van der Waals surface area contributed by atoms with Gasteiger partial charge < -0.3 is 20.5 Å². The van der Waals surface area contributed by atoms with Gasteiger partial charge in [0.05, 0.1) is 10.6 Å². The number of nitrogens with two attached hydrogens (primary N) is 1. The van der Waals surface area contributed by atoms with E-state index in [0.29, 0.717) is 23.7 Å². The van der Waals surface area contributed by atoms with Crippen LogP contribution in [0.1, 0.15) is 33.3 Å². The van der Waals surface area contributed by atoms with E-state index in [2.05, 4.69) is 10.3 Å². The average molecular weight is 408 g/mol. The standard InChI is InChI=1S/C20H26ClN3O4/c1-5-6-15(18(22)25)12-23-13-27-17-8-7-14(11-16(17)21)9-10-24-19(26)28-20(2,3)4/h5-8,11-13H,9-10H2,1-4H3,(H2,22,25)(H,24,26)/b6-5-,15-12+,23-13+. The van der Waals surface area contributed by atoms with Gasteiger partial charge in [-0.1, -0.05) is 29.8 Å². The van der Waals surface area contributed by atoms with Gasteiger partial charge in [-0.05, 0) is 51.8 Å². The van der Waals surface area contributed by atoms with E-state index < -0.39 is 17.6 Å². The fraction of sp³-hybridized carbons (Fsp3) is 0.350. The molecule has 0 aliphatic rings. The van der Waals surface area contributed by atoms with Gasteiger partial charge >= 0.3 is 6.09 Å². The number of halogens is 1. The van der Waals surface area contributed by atoms with E-state index in [4.69, 9.17) is 26.8 Å². The Balaban J connectivity index is 2.58. The number of carbonyl (C=O) groups excluding carboxylic acids is 2. The van der Waals surface area contributed by atoms with Crippen molar-refractivity contribution >= 4 is 30.0 Å². The zero-order valence-corrected chi connectivity index (χ0v) is 17.2. The summed E-state index contributed by atoms with van der Waals surface area (Å²) in [5.41, 5.74) is 5.86. The van der Waals surface area contributed by atoms with E-state index in [-0.39, 0.29) is 5.57 Å². The molecule has 0 atom stereocenters. The van der Waals surface area contributed by atoms with Crippen LogP contribution in [0.25, 0.3) is 0 Å². The molecular weight excluding hydrogens is 382 g/mol. The van der Waals surface area contributed by atoms with E-state index in [1.807, 2.05) is 6.07 Å². The second kappa shape index (κ2) is 11.1. The number of allylic oxidation sites excluding steroid dienone is 1. The number of rotatable bonds is 8. The highest BCUT2D eigenvalue weighted by molar-refractivity contribution is 6.32. The second-order valence-electron chi connectivity index (χ2n) is 6.76. The predicted molar refractivity (Wildman–Crippen MR) is 111 cm³/mol. The van der Waals surface area contributed by atoms with E-state index in [9.17, 15) is 9.59 Å². The Morgan fingerprint density at radius 3 is 2.61 bits per heavy atom. The average Bonchev–Trinajstić information content (AvgIpc) is 2.57. The van der Waals surface area contributed by atoms with Crippen molar-refractivity contribution in [1.29, 1.82) is 0 Å². The number of hydrogen-bond donors (Lipinski definition) is 2. The van der Waals surface area contributed by atoms with E-state index >= 15 is 0 Å². The van der Waals surface area contributed by atoms with Crippen molar-refractivity contribution in [3.63, 3.8) is 0 Å². The molecule has 0 radical (unpaired) electrons. The molecule has 7 nitrogen and oxygen atoms in total. The predicted octanol–water partition coefficient (Wildman–Crippen LogP) is 3.76. The summed E-state index contributed by atoms with van der Waals surface area (Å²) in [7, 11) is 0. The third kappa shape index (κ3) is 9.23. The summed E-state index contributed by atoms with van der Waals surface area (Å²) in [6, 6.07) is 5.27. The van der Waals surface area contributed by atoms with Crippen LogP contribution in [0.15, 0.2) is 47.1 Å². The molecule has 1 aromatic rings. The van der Waals surface area contributed by atoms with Crippen molar-refractivity contribution in [2.45, 2.75) is 39.7 Å². The van der Waals surface area contributed by atoms with Crippen LogP contribution in [-0.4, -0.2) is 30.5 Å². The lowest BCUT2D eigenvalue weighted by atomic mass is 10.1. The topological polar surface area (TPSA) is 103 Å². The number of aliphatic imine (C=N–C) groups is 1. The van der Waals surface area contributed by atoms with Crippen LogP contribution >= 0.6 is 11.6 Å². The molecule has 2 amide bonds. The van der Waals surface area contributed by atoms with E-state index in [1.54, 1.807) is 52.0 Å². The molecule has 0 unspecified atom stereocenters. The molecule has 8 heteroatoms. The van der Waals surface area contributed by atoms with Crippen LogP contribution in [0.5, 0.6) is 5.75 Å². The molecule has 0 aliphatic carbocycles.